The first-order valence-corrected chi connectivity index (χ1v) is 15.1. The number of aryl methyl sites for hydroxylation is 1. The Labute approximate surface area is 239 Å². The summed E-state index contributed by atoms with van der Waals surface area (Å²) in [4.78, 5) is 16.0. The van der Waals surface area contributed by atoms with Crippen LogP contribution in [-0.2, 0) is 28.5 Å². The van der Waals surface area contributed by atoms with Crippen LogP contribution < -0.4 is 9.80 Å². The summed E-state index contributed by atoms with van der Waals surface area (Å²) in [6, 6.07) is 13.6. The summed E-state index contributed by atoms with van der Waals surface area (Å²) < 4.78 is 0. The van der Waals surface area contributed by atoms with Gasteiger partial charge in [-0.1, -0.05) is 94.3 Å². The van der Waals surface area contributed by atoms with Gasteiger partial charge in [0, 0.05) is 53.6 Å². The molecular weight excluding hydrogens is 492 g/mol. The molecule has 4 nitrogen and oxygen atoms in total. The molecule has 208 valence electrons. The van der Waals surface area contributed by atoms with Crippen LogP contribution >= 0.6 is 0 Å². The number of hydrogen-bond donors (Lipinski definition) is 1. The molecule has 4 aliphatic rings. The fourth-order valence-corrected chi connectivity index (χ4v) is 7.50. The van der Waals surface area contributed by atoms with Crippen LogP contribution in [0, 0.1) is 0 Å². The van der Waals surface area contributed by atoms with E-state index in [4.69, 9.17) is 5.11 Å². The van der Waals surface area contributed by atoms with Gasteiger partial charge in [0.25, 0.3) is 0 Å². The van der Waals surface area contributed by atoms with Gasteiger partial charge in [0.1, 0.15) is 0 Å². The number of aliphatic carboxylic acids is 1. The Morgan fingerprint density at radius 1 is 0.900 bits per heavy atom. The summed E-state index contributed by atoms with van der Waals surface area (Å²) in [5, 5.41) is 9.04. The van der Waals surface area contributed by atoms with Crippen LogP contribution in [0.3, 0.4) is 0 Å². The number of allylic oxidation sites excluding steroid dienone is 7. The molecule has 2 aromatic carbocycles. The van der Waals surface area contributed by atoms with Gasteiger partial charge in [-0.3, -0.25) is 4.79 Å². The van der Waals surface area contributed by atoms with Crippen LogP contribution in [0.5, 0.6) is 0 Å². The molecule has 0 bridgehead atoms. The van der Waals surface area contributed by atoms with Crippen molar-refractivity contribution in [2.45, 2.75) is 83.0 Å². The van der Waals surface area contributed by atoms with E-state index in [-0.39, 0.29) is 17.3 Å². The molecule has 1 unspecified atom stereocenters. The van der Waals surface area contributed by atoms with Crippen LogP contribution in [0.15, 0.2) is 84.2 Å². The number of benzene rings is 2. The molecule has 1 N–H and O–H groups in total. The van der Waals surface area contributed by atoms with Gasteiger partial charge in [0.05, 0.1) is 0 Å². The van der Waals surface area contributed by atoms with Gasteiger partial charge in [0.2, 0.25) is 0 Å². The van der Waals surface area contributed by atoms with E-state index >= 15 is 0 Å². The number of carbonyl (C=O) groups is 1. The number of para-hydroxylation sites is 2. The van der Waals surface area contributed by atoms with Crippen molar-refractivity contribution in [2.24, 2.45) is 0 Å². The molecule has 4 heteroatoms. The van der Waals surface area contributed by atoms with Crippen molar-refractivity contribution in [2.75, 3.05) is 22.9 Å². The number of rotatable bonds is 9. The lowest BCUT2D eigenvalue weighted by atomic mass is 9.69. The molecule has 0 spiro atoms. The van der Waals surface area contributed by atoms with Crippen LogP contribution in [0.4, 0.5) is 11.4 Å². The van der Waals surface area contributed by atoms with Crippen LogP contribution in [0.2, 0.25) is 0 Å². The number of carboxylic acid groups (broad SMARTS) is 1. The molecule has 1 atom stereocenters. The summed E-state index contributed by atoms with van der Waals surface area (Å²) in [6.45, 7) is 9.22. The third-order valence-electron chi connectivity index (χ3n) is 9.70. The normalized spacial score (nSPS) is 23.3. The van der Waals surface area contributed by atoms with E-state index in [0.29, 0.717) is 0 Å². The van der Waals surface area contributed by atoms with Crippen molar-refractivity contribution >= 4 is 17.3 Å². The van der Waals surface area contributed by atoms with Gasteiger partial charge in [0.15, 0.2) is 0 Å². The molecule has 0 saturated carbocycles. The van der Waals surface area contributed by atoms with Gasteiger partial charge in [-0.05, 0) is 66.0 Å². The third kappa shape index (κ3) is 4.52. The number of nitrogens with zero attached hydrogens (tertiary/aromatic N) is 2. The van der Waals surface area contributed by atoms with Crippen molar-refractivity contribution in [3.63, 3.8) is 0 Å². The second kappa shape index (κ2) is 10.5. The molecule has 0 fully saturated rings. The van der Waals surface area contributed by atoms with E-state index in [0.717, 1.165) is 45.2 Å². The number of anilines is 2. The lowest BCUT2D eigenvalue weighted by Crippen LogP contribution is -2.32. The zero-order chi connectivity index (χ0) is 27.9. The summed E-state index contributed by atoms with van der Waals surface area (Å²) >= 11 is 0. The Balaban J connectivity index is 1.23. The van der Waals surface area contributed by atoms with E-state index in [9.17, 15) is 4.79 Å². The summed E-state index contributed by atoms with van der Waals surface area (Å²) in [5.41, 5.74) is 11.3. The Bertz CT molecular complexity index is 1440. The molecule has 0 amide bonds. The maximum absolute atomic E-state index is 11.0. The highest BCUT2D eigenvalue weighted by Crippen LogP contribution is 2.51. The lowest BCUT2D eigenvalue weighted by molar-refractivity contribution is -0.137. The second-order valence-corrected chi connectivity index (χ2v) is 12.6. The van der Waals surface area contributed by atoms with Gasteiger partial charge < -0.3 is 14.9 Å². The molecular formula is C36H42N2O2. The first-order chi connectivity index (χ1) is 19.3. The predicted molar refractivity (Wildman–Crippen MR) is 165 cm³/mol. The van der Waals surface area contributed by atoms with Crippen molar-refractivity contribution < 1.29 is 9.90 Å². The average Bonchev–Trinajstić information content (AvgIpc) is 3.44. The maximum atomic E-state index is 11.0. The minimum atomic E-state index is -0.698. The first-order valence-electron chi connectivity index (χ1n) is 15.1. The predicted octanol–water partition coefficient (Wildman–Crippen LogP) is 7.98. The molecule has 0 aliphatic carbocycles. The highest BCUT2D eigenvalue weighted by atomic mass is 16.4. The third-order valence-corrected chi connectivity index (χ3v) is 9.70. The number of carboxylic acids is 1. The fourth-order valence-electron chi connectivity index (χ4n) is 7.50. The molecule has 40 heavy (non-hydrogen) atoms. The van der Waals surface area contributed by atoms with E-state index in [1.807, 2.05) is 0 Å². The largest absolute Gasteiger partial charge is 0.481 e. The van der Waals surface area contributed by atoms with Crippen molar-refractivity contribution in [1.29, 1.82) is 0 Å². The van der Waals surface area contributed by atoms with Crippen LogP contribution in [0.1, 0.15) is 81.5 Å². The van der Waals surface area contributed by atoms with Gasteiger partial charge in [-0.2, -0.15) is 0 Å². The fraction of sp³-hybridized carbons (Fsp3) is 0.417. The Hall–Kier alpha value is -3.53. The van der Waals surface area contributed by atoms with Crippen LogP contribution in [-0.4, -0.2) is 24.2 Å². The monoisotopic (exact) mass is 534 g/mol. The SMILES string of the molecule is CC1(CCCCCC(=O)O)C(/C=C/C=C/C=C2/N3CCCc4cccc(c43)C2(C)C)=CN2CCc3cccc1c32. The zero-order valence-electron chi connectivity index (χ0n) is 24.2. The molecule has 0 aromatic heterocycles. The average molecular weight is 535 g/mol. The maximum Gasteiger partial charge on any atom is 0.303 e. The van der Waals surface area contributed by atoms with E-state index in [2.05, 4.69) is 104 Å². The smallest absolute Gasteiger partial charge is 0.303 e. The highest BCUT2D eigenvalue weighted by Gasteiger charge is 2.42. The minimum Gasteiger partial charge on any atom is -0.481 e. The van der Waals surface area contributed by atoms with Crippen molar-refractivity contribution in [3.05, 3.63) is 107 Å². The first kappa shape index (κ1) is 26.7. The summed E-state index contributed by atoms with van der Waals surface area (Å²) in [6.07, 6.45) is 21.0. The molecule has 4 aliphatic heterocycles. The van der Waals surface area contributed by atoms with Gasteiger partial charge in [-0.15, -0.1) is 0 Å². The Morgan fingerprint density at radius 2 is 1.68 bits per heavy atom. The topological polar surface area (TPSA) is 43.8 Å². The van der Waals surface area contributed by atoms with Gasteiger partial charge in [-0.25, -0.2) is 0 Å². The second-order valence-electron chi connectivity index (χ2n) is 12.6. The molecule has 4 heterocycles. The Morgan fingerprint density at radius 3 is 2.48 bits per heavy atom. The number of hydrogen-bond acceptors (Lipinski definition) is 3. The molecule has 2 aromatic rings. The number of unbranched alkanes of at least 4 members (excludes halogenated alkanes) is 2. The Kier molecular flexibility index (Phi) is 6.98. The van der Waals surface area contributed by atoms with E-state index in [1.54, 1.807) is 0 Å². The summed E-state index contributed by atoms with van der Waals surface area (Å²) in [5.74, 6) is -0.698. The minimum absolute atomic E-state index is 0.00597. The molecule has 0 saturated heterocycles. The van der Waals surface area contributed by atoms with Crippen molar-refractivity contribution in [3.8, 4) is 0 Å². The van der Waals surface area contributed by atoms with Crippen molar-refractivity contribution in [1.82, 2.24) is 0 Å². The van der Waals surface area contributed by atoms with E-state index in [1.165, 1.54) is 57.7 Å². The lowest BCUT2D eigenvalue weighted by Gasteiger charge is -2.40. The molecule has 6 rings (SSSR count). The van der Waals surface area contributed by atoms with Gasteiger partial charge >= 0.3 is 5.97 Å². The summed E-state index contributed by atoms with van der Waals surface area (Å²) in [7, 11) is 0. The van der Waals surface area contributed by atoms with Crippen LogP contribution in [0.25, 0.3) is 0 Å². The zero-order valence-corrected chi connectivity index (χ0v) is 24.2. The molecule has 0 radical (unpaired) electrons. The van der Waals surface area contributed by atoms with E-state index < -0.39 is 5.97 Å². The quantitative estimate of drug-likeness (QED) is 0.262. The standard InChI is InChI=1S/C36H42N2O2/c1-35(2)29-17-10-13-26-15-12-23-38(34(26)29)31(35)19-7-4-6-16-28-25-37-24-21-27-14-11-18-30(33(27)37)36(28,3)22-9-5-8-20-32(39)40/h4,6-7,10-11,13-14,16-19,25H,5,8-9,12,15,20-24H2,1-3H3,(H,39,40)/b7-4+,16-6+,31-19+. The highest BCUT2D eigenvalue weighted by molar-refractivity contribution is 5.75.